The lowest BCUT2D eigenvalue weighted by atomic mass is 9.89. The molecule has 0 aromatic heterocycles. The molecular weight excluding hydrogens is 372 g/mol. The summed E-state index contributed by atoms with van der Waals surface area (Å²) in [6, 6.07) is 3.66. The second-order valence-electron chi connectivity index (χ2n) is 5.87. The van der Waals surface area contributed by atoms with Gasteiger partial charge in [0.05, 0.1) is 23.7 Å². The van der Waals surface area contributed by atoms with Crippen LogP contribution in [0.15, 0.2) is 18.2 Å². The largest absolute Gasteiger partial charge is 0.464 e. The second kappa shape index (κ2) is 9.58. The number of benzene rings is 1. The minimum absolute atomic E-state index is 0.0665. The van der Waals surface area contributed by atoms with Crippen LogP contribution in [0.25, 0.3) is 0 Å². The van der Waals surface area contributed by atoms with Crippen molar-refractivity contribution in [2.24, 2.45) is 0 Å². The van der Waals surface area contributed by atoms with Gasteiger partial charge in [-0.05, 0) is 32.4 Å². The fourth-order valence-corrected chi connectivity index (χ4v) is 2.63. The molecule has 0 aliphatic heterocycles. The van der Waals surface area contributed by atoms with Gasteiger partial charge in [0.25, 0.3) is 5.69 Å². The van der Waals surface area contributed by atoms with E-state index in [-0.39, 0.29) is 24.3 Å². The highest BCUT2D eigenvalue weighted by Crippen LogP contribution is 2.25. The van der Waals surface area contributed by atoms with Crippen LogP contribution in [0.5, 0.6) is 0 Å². The number of hydrogen-bond donors (Lipinski definition) is 1. The summed E-state index contributed by atoms with van der Waals surface area (Å²) in [6.45, 7) is 5.20. The zero-order chi connectivity index (χ0) is 21.5. The number of ketones is 1. The molecule has 0 aliphatic carbocycles. The van der Waals surface area contributed by atoms with Gasteiger partial charge < -0.3 is 14.8 Å². The molecule has 28 heavy (non-hydrogen) atoms. The Morgan fingerprint density at radius 3 is 2.00 bits per heavy atom. The molecule has 1 rings (SSSR count). The van der Waals surface area contributed by atoms with Gasteiger partial charge in [-0.15, -0.1) is 0 Å². The molecule has 10 heteroatoms. The molecule has 0 atom stereocenters. The Hall–Kier alpha value is -3.30. The number of carbonyl (C=O) groups is 4. The molecule has 0 radical (unpaired) electrons. The first-order valence-corrected chi connectivity index (χ1v) is 8.50. The van der Waals surface area contributed by atoms with Crippen LogP contribution in [0, 0.1) is 10.1 Å². The van der Waals surface area contributed by atoms with E-state index < -0.39 is 46.2 Å². The first kappa shape index (κ1) is 22.7. The summed E-state index contributed by atoms with van der Waals surface area (Å²) >= 11 is 0. The Morgan fingerprint density at radius 1 is 1.07 bits per heavy atom. The number of nitrogens with one attached hydrogen (secondary N) is 1. The first-order valence-electron chi connectivity index (χ1n) is 8.50. The standard InChI is InChI=1S/C18H22N2O8/c1-5-27-16(23)18(19-12(4)22,17(24)28-6-2)10-13-7-8-14(11(3)21)15(9-13)20(25)26/h7-9H,5-6,10H2,1-4H3,(H,19,22). The van der Waals surface area contributed by atoms with Crippen LogP contribution >= 0.6 is 0 Å². The molecule has 0 heterocycles. The van der Waals surface area contributed by atoms with Crippen molar-refractivity contribution < 1.29 is 33.6 Å². The third-order valence-electron chi connectivity index (χ3n) is 3.74. The van der Waals surface area contributed by atoms with Crippen LogP contribution < -0.4 is 5.32 Å². The lowest BCUT2D eigenvalue weighted by Gasteiger charge is -2.29. The summed E-state index contributed by atoms with van der Waals surface area (Å²) in [4.78, 5) is 59.0. The minimum Gasteiger partial charge on any atom is -0.464 e. The van der Waals surface area contributed by atoms with E-state index in [2.05, 4.69) is 5.32 Å². The third-order valence-corrected chi connectivity index (χ3v) is 3.74. The molecule has 0 spiro atoms. The van der Waals surface area contributed by atoms with E-state index in [1.54, 1.807) is 0 Å². The SMILES string of the molecule is CCOC(=O)C(Cc1ccc(C(C)=O)c([N+](=O)[O-])c1)(NC(C)=O)C(=O)OCC. The number of nitro groups is 1. The molecule has 1 N–H and O–H groups in total. The van der Waals surface area contributed by atoms with E-state index in [0.717, 1.165) is 13.0 Å². The highest BCUT2D eigenvalue weighted by molar-refractivity contribution is 6.08. The summed E-state index contributed by atoms with van der Waals surface area (Å²) < 4.78 is 9.89. The smallest absolute Gasteiger partial charge is 0.344 e. The van der Waals surface area contributed by atoms with Crippen molar-refractivity contribution >= 4 is 29.3 Å². The van der Waals surface area contributed by atoms with Crippen molar-refractivity contribution in [2.45, 2.75) is 39.7 Å². The second-order valence-corrected chi connectivity index (χ2v) is 5.87. The highest BCUT2D eigenvalue weighted by atomic mass is 16.6. The number of nitro benzene ring substituents is 1. The number of Topliss-reactive ketones (excluding diaryl/α,β-unsaturated/α-hetero) is 1. The van der Waals surface area contributed by atoms with Crippen LogP contribution in [-0.4, -0.2) is 47.3 Å². The molecule has 0 aliphatic rings. The Kier molecular flexibility index (Phi) is 7.78. The van der Waals surface area contributed by atoms with Crippen molar-refractivity contribution in [1.29, 1.82) is 0 Å². The predicted molar refractivity (Wildman–Crippen MR) is 96.6 cm³/mol. The molecule has 0 bridgehead atoms. The highest BCUT2D eigenvalue weighted by Gasteiger charge is 2.50. The number of nitrogens with zero attached hydrogens (tertiary/aromatic N) is 1. The van der Waals surface area contributed by atoms with Crippen LogP contribution in [0.1, 0.15) is 43.6 Å². The molecule has 0 saturated heterocycles. The van der Waals surface area contributed by atoms with E-state index in [9.17, 15) is 29.3 Å². The van der Waals surface area contributed by atoms with Gasteiger partial charge in [0.2, 0.25) is 11.4 Å². The van der Waals surface area contributed by atoms with E-state index >= 15 is 0 Å². The molecular formula is C18H22N2O8. The first-order chi connectivity index (χ1) is 13.1. The van der Waals surface area contributed by atoms with E-state index in [4.69, 9.17) is 9.47 Å². The van der Waals surface area contributed by atoms with Crippen molar-refractivity contribution in [2.75, 3.05) is 13.2 Å². The predicted octanol–water partition coefficient (Wildman–Crippen LogP) is 1.34. The molecule has 152 valence electrons. The molecule has 1 aromatic carbocycles. The third kappa shape index (κ3) is 5.12. The normalized spacial score (nSPS) is 10.7. The van der Waals surface area contributed by atoms with Crippen molar-refractivity contribution in [3.05, 3.63) is 39.4 Å². The van der Waals surface area contributed by atoms with Crippen LogP contribution in [-0.2, 0) is 30.3 Å². The molecule has 0 unspecified atom stereocenters. The molecule has 1 aromatic rings. The molecule has 0 fully saturated rings. The van der Waals surface area contributed by atoms with Crippen LogP contribution in [0.3, 0.4) is 0 Å². The monoisotopic (exact) mass is 394 g/mol. The van der Waals surface area contributed by atoms with Gasteiger partial charge >= 0.3 is 11.9 Å². The summed E-state index contributed by atoms with van der Waals surface area (Å²) in [5.74, 6) is -3.32. The number of amides is 1. The number of rotatable bonds is 9. The molecule has 10 nitrogen and oxygen atoms in total. The molecule has 0 saturated carbocycles. The maximum atomic E-state index is 12.6. The maximum Gasteiger partial charge on any atom is 0.344 e. The summed E-state index contributed by atoms with van der Waals surface area (Å²) in [7, 11) is 0. The number of ether oxygens (including phenoxy) is 2. The fourth-order valence-electron chi connectivity index (χ4n) is 2.63. The number of hydrogen-bond acceptors (Lipinski definition) is 8. The van der Waals surface area contributed by atoms with Gasteiger partial charge in [0.1, 0.15) is 0 Å². The Balaban J connectivity index is 3.54. The lowest BCUT2D eigenvalue weighted by Crippen LogP contribution is -2.62. The Morgan fingerprint density at radius 2 is 1.61 bits per heavy atom. The van der Waals surface area contributed by atoms with E-state index in [0.29, 0.717) is 0 Å². The van der Waals surface area contributed by atoms with Gasteiger partial charge in [-0.2, -0.15) is 0 Å². The quantitative estimate of drug-likeness (QED) is 0.217. The number of carbonyl (C=O) groups excluding carboxylic acids is 4. The van der Waals surface area contributed by atoms with Gasteiger partial charge in [-0.3, -0.25) is 19.7 Å². The zero-order valence-electron chi connectivity index (χ0n) is 16.1. The Labute approximate surface area is 161 Å². The summed E-state index contributed by atoms with van der Waals surface area (Å²) in [6.07, 6.45) is -0.455. The molecule has 1 amide bonds. The van der Waals surface area contributed by atoms with Crippen LogP contribution in [0.2, 0.25) is 0 Å². The van der Waals surface area contributed by atoms with E-state index in [1.165, 1.54) is 32.9 Å². The summed E-state index contributed by atoms with van der Waals surface area (Å²) in [5.41, 5.74) is -2.66. The van der Waals surface area contributed by atoms with Gasteiger partial charge in [0, 0.05) is 19.4 Å². The average molecular weight is 394 g/mol. The average Bonchev–Trinajstić information content (AvgIpc) is 2.60. The fraction of sp³-hybridized carbons (Fsp3) is 0.444. The Bertz CT molecular complexity index is 785. The van der Waals surface area contributed by atoms with Crippen molar-refractivity contribution in [3.63, 3.8) is 0 Å². The summed E-state index contributed by atoms with van der Waals surface area (Å²) in [5, 5.41) is 13.6. The van der Waals surface area contributed by atoms with Gasteiger partial charge in [-0.1, -0.05) is 6.07 Å². The topological polar surface area (TPSA) is 142 Å². The maximum absolute atomic E-state index is 12.6. The zero-order valence-corrected chi connectivity index (χ0v) is 16.1. The van der Waals surface area contributed by atoms with E-state index in [1.807, 2.05) is 0 Å². The van der Waals surface area contributed by atoms with Crippen LogP contribution in [0.4, 0.5) is 5.69 Å². The van der Waals surface area contributed by atoms with Crippen molar-refractivity contribution in [3.8, 4) is 0 Å². The lowest BCUT2D eigenvalue weighted by molar-refractivity contribution is -0.385. The van der Waals surface area contributed by atoms with Gasteiger partial charge in [-0.25, -0.2) is 9.59 Å². The minimum atomic E-state index is -2.22. The van der Waals surface area contributed by atoms with Gasteiger partial charge in [0.15, 0.2) is 5.78 Å². The number of esters is 2. The van der Waals surface area contributed by atoms with Crippen molar-refractivity contribution in [1.82, 2.24) is 5.32 Å².